The van der Waals surface area contributed by atoms with E-state index >= 15 is 0 Å². The minimum Gasteiger partial charge on any atom is -0.360 e. The van der Waals surface area contributed by atoms with Gasteiger partial charge in [-0.2, -0.15) is 0 Å². The Hall–Kier alpha value is -4.06. The zero-order valence-corrected chi connectivity index (χ0v) is 18.3. The van der Waals surface area contributed by atoms with Crippen molar-refractivity contribution in [2.45, 2.75) is 26.8 Å². The van der Waals surface area contributed by atoms with E-state index in [2.05, 4.69) is 62.8 Å². The third-order valence-electron chi connectivity index (χ3n) is 5.62. The van der Waals surface area contributed by atoms with Gasteiger partial charge in [0.05, 0.1) is 23.6 Å². The fourth-order valence-electron chi connectivity index (χ4n) is 3.96. The van der Waals surface area contributed by atoms with Crippen molar-refractivity contribution in [3.63, 3.8) is 0 Å². The Balaban J connectivity index is 1.43. The molecule has 1 unspecified atom stereocenters. The summed E-state index contributed by atoms with van der Waals surface area (Å²) < 4.78 is 2.07. The fourth-order valence-corrected chi connectivity index (χ4v) is 3.96. The molecule has 1 N–H and O–H groups in total. The summed E-state index contributed by atoms with van der Waals surface area (Å²) in [4.78, 5) is 18.2. The van der Waals surface area contributed by atoms with Crippen LogP contribution in [0.2, 0.25) is 0 Å². The molecule has 0 aliphatic heterocycles. The maximum Gasteiger partial charge on any atom is 0.180 e. The van der Waals surface area contributed by atoms with E-state index in [1.54, 1.807) is 6.20 Å². The number of fused-ring (bicyclic) bond motifs is 1. The molecule has 0 fully saturated rings. The molecule has 0 amide bonds. The normalized spacial score (nSPS) is 12.1. The average Bonchev–Trinajstić information content (AvgIpc) is 3.25. The molecule has 5 aromatic rings. The van der Waals surface area contributed by atoms with Crippen molar-refractivity contribution in [1.29, 1.82) is 0 Å². The number of nitrogens with one attached hydrogen (secondary N) is 1. The van der Waals surface area contributed by atoms with E-state index in [0.29, 0.717) is 0 Å². The Morgan fingerprint density at radius 1 is 0.844 bits per heavy atom. The van der Waals surface area contributed by atoms with Crippen LogP contribution in [0.15, 0.2) is 79.5 Å². The molecule has 0 radical (unpaired) electrons. The summed E-state index contributed by atoms with van der Waals surface area (Å²) >= 11 is 0. The number of nitrogens with zero attached hydrogens (tertiary/aromatic N) is 5. The number of aryl methyl sites for hydroxylation is 2. The number of rotatable bonds is 5. The molecule has 0 aliphatic rings. The van der Waals surface area contributed by atoms with E-state index in [9.17, 15) is 0 Å². The standard InChI is InChI=1S/C26H24N6/c1-17-13-22(15-29-24(17)21-9-10-27-18(2)14-21)19(3)31-25-26-30-16-23(32(26)12-11-28-25)20-7-5-4-6-8-20/h4-16,19H,1-3H3,(H,28,31). The molecule has 0 bridgehead atoms. The SMILES string of the molecule is Cc1cc(-c2ncc(C(C)Nc3nccn4c(-c5ccccc5)cnc34)cc2C)ccn1. The molecule has 1 atom stereocenters. The van der Waals surface area contributed by atoms with Gasteiger partial charge in [0, 0.05) is 41.6 Å². The van der Waals surface area contributed by atoms with Gasteiger partial charge in [-0.05, 0) is 44.0 Å². The number of aromatic nitrogens is 5. The van der Waals surface area contributed by atoms with E-state index in [4.69, 9.17) is 4.98 Å². The largest absolute Gasteiger partial charge is 0.360 e. The van der Waals surface area contributed by atoms with E-state index in [0.717, 1.165) is 50.8 Å². The van der Waals surface area contributed by atoms with Crippen LogP contribution in [0.25, 0.3) is 28.2 Å². The Bertz CT molecular complexity index is 1390. The molecule has 5 rings (SSSR count). The first-order chi connectivity index (χ1) is 15.6. The lowest BCUT2D eigenvalue weighted by Gasteiger charge is -2.17. The van der Waals surface area contributed by atoms with Gasteiger partial charge in [-0.3, -0.25) is 14.4 Å². The van der Waals surface area contributed by atoms with Crippen LogP contribution in [0.4, 0.5) is 5.82 Å². The molecule has 0 saturated carbocycles. The van der Waals surface area contributed by atoms with Crippen molar-refractivity contribution in [2.24, 2.45) is 0 Å². The molecular weight excluding hydrogens is 396 g/mol. The van der Waals surface area contributed by atoms with Gasteiger partial charge in [0.2, 0.25) is 0 Å². The number of hydrogen-bond donors (Lipinski definition) is 1. The van der Waals surface area contributed by atoms with Crippen molar-refractivity contribution < 1.29 is 0 Å². The third kappa shape index (κ3) is 3.71. The summed E-state index contributed by atoms with van der Waals surface area (Å²) in [5.41, 5.74) is 8.21. The molecule has 0 saturated heterocycles. The summed E-state index contributed by atoms with van der Waals surface area (Å²) in [7, 11) is 0. The lowest BCUT2D eigenvalue weighted by Crippen LogP contribution is -2.10. The number of benzene rings is 1. The first kappa shape index (κ1) is 19.9. The maximum absolute atomic E-state index is 4.75. The summed E-state index contributed by atoms with van der Waals surface area (Å²) in [5.74, 6) is 0.744. The molecule has 0 aliphatic carbocycles. The average molecular weight is 421 g/mol. The van der Waals surface area contributed by atoms with Gasteiger partial charge >= 0.3 is 0 Å². The first-order valence-electron chi connectivity index (χ1n) is 10.6. The Morgan fingerprint density at radius 2 is 1.69 bits per heavy atom. The summed E-state index contributed by atoms with van der Waals surface area (Å²) in [5, 5.41) is 3.52. The van der Waals surface area contributed by atoms with Gasteiger partial charge in [-0.15, -0.1) is 0 Å². The summed E-state index contributed by atoms with van der Waals surface area (Å²) in [6, 6.07) is 16.5. The zero-order chi connectivity index (χ0) is 22.1. The van der Waals surface area contributed by atoms with Gasteiger partial charge in [0.1, 0.15) is 0 Å². The van der Waals surface area contributed by atoms with E-state index in [-0.39, 0.29) is 6.04 Å². The molecule has 6 heteroatoms. The van der Waals surface area contributed by atoms with Crippen molar-refractivity contribution in [2.75, 3.05) is 5.32 Å². The highest BCUT2D eigenvalue weighted by Gasteiger charge is 2.14. The van der Waals surface area contributed by atoms with Crippen LogP contribution in [0.3, 0.4) is 0 Å². The first-order valence-corrected chi connectivity index (χ1v) is 10.6. The number of hydrogen-bond acceptors (Lipinski definition) is 5. The predicted octanol–water partition coefficient (Wildman–Crippen LogP) is 5.64. The van der Waals surface area contributed by atoms with E-state index in [1.165, 1.54) is 0 Å². The second kappa shape index (κ2) is 8.23. The van der Waals surface area contributed by atoms with Crippen LogP contribution in [0, 0.1) is 13.8 Å². The highest BCUT2D eigenvalue weighted by molar-refractivity contribution is 5.71. The Kier molecular flexibility index (Phi) is 5.11. The smallest absolute Gasteiger partial charge is 0.180 e. The van der Waals surface area contributed by atoms with Crippen LogP contribution in [-0.2, 0) is 0 Å². The van der Waals surface area contributed by atoms with Crippen LogP contribution in [0.1, 0.15) is 29.8 Å². The Morgan fingerprint density at radius 3 is 2.47 bits per heavy atom. The predicted molar refractivity (Wildman–Crippen MR) is 127 cm³/mol. The van der Waals surface area contributed by atoms with Crippen LogP contribution in [0.5, 0.6) is 0 Å². The quantitative estimate of drug-likeness (QED) is 0.398. The monoisotopic (exact) mass is 420 g/mol. The highest BCUT2D eigenvalue weighted by atomic mass is 15.1. The molecular formula is C26H24N6. The highest BCUT2D eigenvalue weighted by Crippen LogP contribution is 2.27. The number of anilines is 1. The van der Waals surface area contributed by atoms with E-state index < -0.39 is 0 Å². The summed E-state index contributed by atoms with van der Waals surface area (Å²) in [6.07, 6.45) is 9.38. The van der Waals surface area contributed by atoms with Crippen LogP contribution >= 0.6 is 0 Å². The maximum atomic E-state index is 4.75. The summed E-state index contributed by atoms with van der Waals surface area (Å²) in [6.45, 7) is 6.19. The van der Waals surface area contributed by atoms with Gasteiger partial charge in [0.25, 0.3) is 0 Å². The minimum absolute atomic E-state index is 0.0185. The topological polar surface area (TPSA) is 68.0 Å². The number of pyridine rings is 2. The fraction of sp³-hybridized carbons (Fsp3) is 0.154. The molecule has 0 spiro atoms. The van der Waals surface area contributed by atoms with Crippen molar-refractivity contribution in [3.05, 3.63) is 96.3 Å². The molecule has 6 nitrogen and oxygen atoms in total. The van der Waals surface area contributed by atoms with Crippen molar-refractivity contribution >= 4 is 11.5 Å². The van der Waals surface area contributed by atoms with Gasteiger partial charge in [0.15, 0.2) is 11.5 Å². The van der Waals surface area contributed by atoms with E-state index in [1.807, 2.05) is 56.0 Å². The molecule has 4 aromatic heterocycles. The Labute approximate surface area is 187 Å². The van der Waals surface area contributed by atoms with Crippen molar-refractivity contribution in [1.82, 2.24) is 24.3 Å². The molecule has 4 heterocycles. The van der Waals surface area contributed by atoms with Gasteiger partial charge in [-0.25, -0.2) is 9.97 Å². The van der Waals surface area contributed by atoms with Gasteiger partial charge in [-0.1, -0.05) is 36.4 Å². The lowest BCUT2D eigenvalue weighted by molar-refractivity contribution is 0.862. The zero-order valence-electron chi connectivity index (χ0n) is 18.3. The third-order valence-corrected chi connectivity index (χ3v) is 5.62. The van der Waals surface area contributed by atoms with Gasteiger partial charge < -0.3 is 5.32 Å². The second-order valence-electron chi connectivity index (χ2n) is 7.97. The minimum atomic E-state index is 0.0185. The molecule has 158 valence electrons. The second-order valence-corrected chi connectivity index (χ2v) is 7.97. The van der Waals surface area contributed by atoms with Crippen LogP contribution < -0.4 is 5.32 Å². The van der Waals surface area contributed by atoms with Crippen LogP contribution in [-0.4, -0.2) is 24.3 Å². The van der Waals surface area contributed by atoms with Crippen molar-refractivity contribution in [3.8, 4) is 22.5 Å². The molecule has 1 aromatic carbocycles. The number of imidazole rings is 1. The lowest BCUT2D eigenvalue weighted by atomic mass is 10.0. The molecule has 32 heavy (non-hydrogen) atoms.